The van der Waals surface area contributed by atoms with E-state index in [1.54, 1.807) is 44.4 Å². The fourth-order valence-corrected chi connectivity index (χ4v) is 5.81. The van der Waals surface area contributed by atoms with Crippen molar-refractivity contribution < 1.29 is 24.2 Å². The van der Waals surface area contributed by atoms with E-state index in [0.717, 1.165) is 31.2 Å². The van der Waals surface area contributed by atoms with Crippen molar-refractivity contribution in [3.05, 3.63) is 59.7 Å². The Morgan fingerprint density at radius 2 is 1.69 bits per heavy atom. The minimum atomic E-state index is -1.91. The molecule has 210 valence electrons. The maximum atomic E-state index is 13.6. The molecule has 0 aromatic heterocycles. The van der Waals surface area contributed by atoms with Crippen LogP contribution in [-0.4, -0.2) is 60.9 Å². The van der Waals surface area contributed by atoms with Gasteiger partial charge >= 0.3 is 5.97 Å². The van der Waals surface area contributed by atoms with Crippen molar-refractivity contribution in [1.29, 1.82) is 0 Å². The molecule has 0 bridgehead atoms. The predicted octanol–water partition coefficient (Wildman–Crippen LogP) is 4.35. The lowest BCUT2D eigenvalue weighted by atomic mass is 9.94. The molecule has 9 heteroatoms. The number of likely N-dealkylation sites (N-methyl/N-ethyl adjacent to an activating group) is 1. The molecule has 2 aliphatic rings. The highest BCUT2D eigenvalue weighted by molar-refractivity contribution is 5.98. The number of nitrogens with one attached hydrogen (secondary N) is 2. The second kappa shape index (κ2) is 12.0. The van der Waals surface area contributed by atoms with Gasteiger partial charge in [-0.05, 0) is 62.5 Å². The molecular weight excluding hydrogens is 496 g/mol. The molecule has 0 saturated heterocycles. The van der Waals surface area contributed by atoms with Crippen LogP contribution in [0, 0.1) is 0 Å². The van der Waals surface area contributed by atoms with Gasteiger partial charge in [-0.1, -0.05) is 51.0 Å². The number of rotatable bonds is 11. The Kier molecular flexibility index (Phi) is 8.70. The van der Waals surface area contributed by atoms with Crippen LogP contribution >= 0.6 is 0 Å². The first-order chi connectivity index (χ1) is 18.8. The van der Waals surface area contributed by atoms with Gasteiger partial charge in [0.15, 0.2) is 0 Å². The number of hydrogen-bond donors (Lipinski definition) is 3. The molecule has 9 nitrogen and oxygen atoms in total. The van der Waals surface area contributed by atoms with Crippen LogP contribution in [0.15, 0.2) is 48.5 Å². The Bertz CT molecular complexity index is 1200. The predicted molar refractivity (Wildman–Crippen MR) is 152 cm³/mol. The molecule has 3 N–H and O–H groups in total. The van der Waals surface area contributed by atoms with Gasteiger partial charge in [0.05, 0.1) is 37.2 Å². The Labute approximate surface area is 230 Å². The van der Waals surface area contributed by atoms with E-state index in [1.165, 1.54) is 0 Å². The fourth-order valence-electron chi connectivity index (χ4n) is 5.81. The number of ether oxygens (including phenoxy) is 2. The topological polar surface area (TPSA) is 103 Å². The van der Waals surface area contributed by atoms with E-state index in [4.69, 9.17) is 9.47 Å². The van der Waals surface area contributed by atoms with Crippen LogP contribution in [0.25, 0.3) is 5.70 Å². The Morgan fingerprint density at radius 3 is 2.26 bits per heavy atom. The van der Waals surface area contributed by atoms with Gasteiger partial charge in [0.2, 0.25) is 5.91 Å². The standard InChI is InChI=1S/C30H40N4O5/c1-6-33(7-2)20(3)28(35)31-30(29(36)37)19-23(27-25(38-4)17-12-18-26(27)39-5)32-34(30)24-16-11-10-15-22(24)21-13-8-9-14-21/h10-12,15-21,32H,6-9,13-14H2,1-5H3,(H,31,35)(H,36,37). The Hall–Kier alpha value is -3.72. The first kappa shape index (κ1) is 28.3. The third-order valence-electron chi connectivity index (χ3n) is 7.99. The molecule has 0 spiro atoms. The van der Waals surface area contributed by atoms with Gasteiger partial charge in [-0.3, -0.25) is 15.1 Å². The number of carbonyl (C=O) groups excluding carboxylic acids is 1. The summed E-state index contributed by atoms with van der Waals surface area (Å²) in [7, 11) is 3.11. The SMILES string of the molecule is CCN(CC)C(C)C(=O)NC1(C(=O)O)C=C(c2c(OC)cccc2OC)NN1c1ccccc1C1CCCC1. The summed E-state index contributed by atoms with van der Waals surface area (Å²) in [6.45, 7) is 7.08. The molecule has 1 aliphatic carbocycles. The molecule has 1 saturated carbocycles. The lowest BCUT2D eigenvalue weighted by molar-refractivity contribution is -0.146. The van der Waals surface area contributed by atoms with E-state index in [2.05, 4.69) is 16.8 Å². The largest absolute Gasteiger partial charge is 0.496 e. The average Bonchev–Trinajstić information content (AvgIpc) is 3.62. The molecule has 2 unspecified atom stereocenters. The van der Waals surface area contributed by atoms with Gasteiger partial charge in [0.25, 0.3) is 5.66 Å². The number of carbonyl (C=O) groups is 2. The minimum Gasteiger partial charge on any atom is -0.496 e. The number of anilines is 1. The summed E-state index contributed by atoms with van der Waals surface area (Å²) in [5, 5.41) is 15.3. The van der Waals surface area contributed by atoms with Crippen LogP contribution in [0.3, 0.4) is 0 Å². The molecule has 2 aromatic rings. The Morgan fingerprint density at radius 1 is 1.08 bits per heavy atom. The number of para-hydroxylation sites is 1. The van der Waals surface area contributed by atoms with Gasteiger partial charge < -0.3 is 19.9 Å². The van der Waals surface area contributed by atoms with Crippen molar-refractivity contribution in [2.45, 2.75) is 64.1 Å². The van der Waals surface area contributed by atoms with Crippen molar-refractivity contribution in [2.75, 3.05) is 32.3 Å². The number of aliphatic carboxylic acids is 1. The van der Waals surface area contributed by atoms with Gasteiger partial charge in [0, 0.05) is 6.08 Å². The zero-order chi connectivity index (χ0) is 28.2. The highest BCUT2D eigenvalue weighted by Gasteiger charge is 2.51. The third kappa shape index (κ3) is 5.28. The maximum Gasteiger partial charge on any atom is 0.356 e. The van der Waals surface area contributed by atoms with Crippen LogP contribution in [0.1, 0.15) is 63.5 Å². The van der Waals surface area contributed by atoms with Gasteiger partial charge in [-0.25, -0.2) is 9.80 Å². The second-order valence-corrected chi connectivity index (χ2v) is 10.0. The van der Waals surface area contributed by atoms with Gasteiger partial charge in [-0.15, -0.1) is 0 Å². The molecule has 39 heavy (non-hydrogen) atoms. The molecule has 4 rings (SSSR count). The third-order valence-corrected chi connectivity index (χ3v) is 7.99. The molecule has 1 fully saturated rings. The lowest BCUT2D eigenvalue weighted by Crippen LogP contribution is -2.67. The van der Waals surface area contributed by atoms with Crippen molar-refractivity contribution in [2.24, 2.45) is 0 Å². The number of benzene rings is 2. The molecule has 0 radical (unpaired) electrons. The number of carboxylic acids is 1. The summed E-state index contributed by atoms with van der Waals surface area (Å²) in [6.07, 6.45) is 5.90. The molecule has 1 heterocycles. The number of methoxy groups -OCH3 is 2. The van der Waals surface area contributed by atoms with Crippen LogP contribution in [0.2, 0.25) is 0 Å². The number of hydrazine groups is 1. The summed E-state index contributed by atoms with van der Waals surface area (Å²) in [6, 6.07) is 12.7. The lowest BCUT2D eigenvalue weighted by Gasteiger charge is -2.38. The molecule has 2 atom stereocenters. The quantitative estimate of drug-likeness (QED) is 0.390. The minimum absolute atomic E-state index is 0.310. The molecule has 1 aliphatic heterocycles. The zero-order valence-electron chi connectivity index (χ0n) is 23.5. The molecule has 1 amide bonds. The highest BCUT2D eigenvalue weighted by atomic mass is 16.5. The van der Waals surface area contributed by atoms with Crippen LogP contribution in [-0.2, 0) is 9.59 Å². The number of carboxylic acid groups (broad SMARTS) is 1. The van der Waals surface area contributed by atoms with Crippen molar-refractivity contribution in [1.82, 2.24) is 15.6 Å². The first-order valence-corrected chi connectivity index (χ1v) is 13.7. The summed E-state index contributed by atoms with van der Waals surface area (Å²) >= 11 is 0. The van der Waals surface area contributed by atoms with E-state index >= 15 is 0 Å². The summed E-state index contributed by atoms with van der Waals surface area (Å²) in [5.74, 6) is -0.247. The molecule has 2 aromatic carbocycles. The smallest absolute Gasteiger partial charge is 0.356 e. The van der Waals surface area contributed by atoms with E-state index in [1.807, 2.05) is 43.0 Å². The highest BCUT2D eigenvalue weighted by Crippen LogP contribution is 2.44. The van der Waals surface area contributed by atoms with Crippen molar-refractivity contribution >= 4 is 23.3 Å². The normalized spacial score (nSPS) is 19.9. The fraction of sp³-hybridized carbons (Fsp3) is 0.467. The number of nitrogens with zero attached hydrogens (tertiary/aromatic N) is 2. The van der Waals surface area contributed by atoms with Crippen LogP contribution in [0.4, 0.5) is 5.69 Å². The van der Waals surface area contributed by atoms with Crippen molar-refractivity contribution in [3.63, 3.8) is 0 Å². The van der Waals surface area contributed by atoms with E-state index in [9.17, 15) is 14.7 Å². The van der Waals surface area contributed by atoms with E-state index in [0.29, 0.717) is 47.5 Å². The van der Waals surface area contributed by atoms with Crippen LogP contribution < -0.4 is 25.2 Å². The Balaban J connectivity index is 1.89. The van der Waals surface area contributed by atoms with E-state index < -0.39 is 17.7 Å². The summed E-state index contributed by atoms with van der Waals surface area (Å²) < 4.78 is 11.3. The first-order valence-electron chi connectivity index (χ1n) is 13.7. The molecular formula is C30H40N4O5. The summed E-state index contributed by atoms with van der Waals surface area (Å²) in [5.41, 5.74) is 4.23. The maximum absolute atomic E-state index is 13.6. The van der Waals surface area contributed by atoms with Crippen LogP contribution in [0.5, 0.6) is 11.5 Å². The number of hydrogen-bond acceptors (Lipinski definition) is 7. The number of amides is 1. The van der Waals surface area contributed by atoms with E-state index in [-0.39, 0.29) is 5.91 Å². The van der Waals surface area contributed by atoms with Gasteiger partial charge in [0.1, 0.15) is 11.5 Å². The van der Waals surface area contributed by atoms with Gasteiger partial charge in [-0.2, -0.15) is 0 Å². The second-order valence-electron chi connectivity index (χ2n) is 10.0. The average molecular weight is 537 g/mol. The summed E-state index contributed by atoms with van der Waals surface area (Å²) in [4.78, 5) is 28.9. The zero-order valence-corrected chi connectivity index (χ0v) is 23.5. The van der Waals surface area contributed by atoms with Crippen molar-refractivity contribution in [3.8, 4) is 11.5 Å². The monoisotopic (exact) mass is 536 g/mol.